The molecule has 0 unspecified atom stereocenters. The third kappa shape index (κ3) is 2.21. The summed E-state index contributed by atoms with van der Waals surface area (Å²) in [6.07, 6.45) is 0. The van der Waals surface area contributed by atoms with Crippen LogP contribution in [0.1, 0.15) is 38.9 Å². The minimum atomic E-state index is 0.0850. The summed E-state index contributed by atoms with van der Waals surface area (Å²) in [6, 6.07) is 0. The van der Waals surface area contributed by atoms with E-state index >= 15 is 0 Å². The first kappa shape index (κ1) is 17.5. The summed E-state index contributed by atoms with van der Waals surface area (Å²) >= 11 is 0. The number of fused-ring (bicyclic) bond motifs is 2. The Hall–Kier alpha value is -2.29. The molecule has 0 amide bonds. The summed E-state index contributed by atoms with van der Waals surface area (Å²) in [4.78, 5) is 14.7. The van der Waals surface area contributed by atoms with Crippen molar-refractivity contribution in [3.63, 3.8) is 0 Å². The minimum absolute atomic E-state index is 0.0850. The van der Waals surface area contributed by atoms with Gasteiger partial charge in [-0.25, -0.2) is 0 Å². The average molecular weight is 337 g/mol. The smallest absolute Gasteiger partial charge is 0.188 e. The molecule has 0 bridgehead atoms. The molecule has 3 nitrogen and oxygen atoms in total. The van der Waals surface area contributed by atoms with Crippen LogP contribution in [0.25, 0.3) is 22.3 Å². The first-order valence-corrected chi connectivity index (χ1v) is 8.73. The van der Waals surface area contributed by atoms with E-state index in [1.165, 1.54) is 27.8 Å². The van der Waals surface area contributed by atoms with Crippen LogP contribution < -0.4 is 10.3 Å². The van der Waals surface area contributed by atoms with Crippen molar-refractivity contribution >= 4 is 16.7 Å². The Labute approximate surface area is 149 Å². The quantitative estimate of drug-likeness (QED) is 0.578. The van der Waals surface area contributed by atoms with Crippen LogP contribution in [-0.4, -0.2) is 14.1 Å². The lowest BCUT2D eigenvalue weighted by molar-refractivity contribution is 0.609. The Morgan fingerprint density at radius 1 is 0.680 bits per heavy atom. The van der Waals surface area contributed by atoms with Gasteiger partial charge < -0.3 is 9.32 Å². The van der Waals surface area contributed by atoms with Crippen molar-refractivity contribution in [1.82, 2.24) is 0 Å². The number of hydrogen-bond acceptors (Lipinski definition) is 3. The first-order chi connectivity index (χ1) is 11.6. The van der Waals surface area contributed by atoms with Gasteiger partial charge >= 0.3 is 0 Å². The SMILES string of the molecule is Cc1c2c(C)c3c(C)c(C)c(N(C)C)c(C)c3oc-2c(C)c(=O)c1C. The second-order valence-electron chi connectivity index (χ2n) is 7.46. The standard InChI is InChI=1S/C22H27NO2/c1-10-12(3)19(23(8)9)15(6)21-17(10)14(5)18-11(2)13(4)20(24)16(7)22(18)25-21/h1-9H3. The minimum Gasteiger partial charge on any atom is -0.455 e. The number of rotatable bonds is 1. The van der Waals surface area contributed by atoms with Crippen LogP contribution in [0, 0.1) is 48.5 Å². The lowest BCUT2D eigenvalue weighted by Crippen LogP contribution is -2.16. The predicted octanol–water partition coefficient (Wildman–Crippen LogP) is 5.12. The van der Waals surface area contributed by atoms with Crippen LogP contribution in [0.4, 0.5) is 5.69 Å². The van der Waals surface area contributed by atoms with Crippen molar-refractivity contribution in [2.75, 3.05) is 19.0 Å². The van der Waals surface area contributed by atoms with Crippen molar-refractivity contribution in [3.8, 4) is 11.3 Å². The molecule has 2 aliphatic rings. The molecular formula is C22H27NO2. The number of aryl methyl sites for hydroxylation is 3. The zero-order valence-corrected chi connectivity index (χ0v) is 16.8. The van der Waals surface area contributed by atoms with Gasteiger partial charge in [0.1, 0.15) is 11.3 Å². The van der Waals surface area contributed by atoms with Crippen LogP contribution in [-0.2, 0) is 0 Å². The Balaban J connectivity index is 2.70. The summed E-state index contributed by atoms with van der Waals surface area (Å²) in [5, 5.41) is 1.17. The van der Waals surface area contributed by atoms with E-state index in [4.69, 9.17) is 4.42 Å². The van der Waals surface area contributed by atoms with Gasteiger partial charge in [0.15, 0.2) is 5.43 Å². The Morgan fingerprint density at radius 3 is 1.84 bits per heavy atom. The van der Waals surface area contributed by atoms with Gasteiger partial charge in [-0.3, -0.25) is 4.79 Å². The molecule has 0 atom stereocenters. The fourth-order valence-corrected chi connectivity index (χ4v) is 4.27. The normalized spacial score (nSPS) is 11.6. The molecule has 1 aliphatic carbocycles. The molecule has 3 heteroatoms. The molecule has 25 heavy (non-hydrogen) atoms. The third-order valence-corrected chi connectivity index (χ3v) is 5.80. The predicted molar refractivity (Wildman–Crippen MR) is 107 cm³/mol. The molecule has 0 saturated heterocycles. The molecule has 1 aromatic carbocycles. The maximum atomic E-state index is 12.6. The van der Waals surface area contributed by atoms with Gasteiger partial charge in [0.05, 0.1) is 0 Å². The van der Waals surface area contributed by atoms with Crippen molar-refractivity contribution in [1.29, 1.82) is 0 Å². The van der Waals surface area contributed by atoms with Gasteiger partial charge in [-0.2, -0.15) is 0 Å². The molecule has 0 radical (unpaired) electrons. The Kier molecular flexibility index (Phi) is 3.94. The zero-order valence-electron chi connectivity index (χ0n) is 16.8. The van der Waals surface area contributed by atoms with Gasteiger partial charge in [0, 0.05) is 47.4 Å². The summed E-state index contributed by atoms with van der Waals surface area (Å²) in [5.74, 6) is 0.731. The van der Waals surface area contributed by atoms with E-state index in [1.807, 2.05) is 20.8 Å². The number of nitrogens with zero attached hydrogens (tertiary/aromatic N) is 1. The van der Waals surface area contributed by atoms with E-state index in [9.17, 15) is 4.79 Å². The van der Waals surface area contributed by atoms with Crippen molar-refractivity contribution < 1.29 is 4.42 Å². The summed E-state index contributed by atoms with van der Waals surface area (Å²) in [6.45, 7) is 14.4. The molecule has 1 aromatic rings. The molecule has 0 N–H and O–H groups in total. The molecule has 1 heterocycles. The van der Waals surface area contributed by atoms with Crippen LogP contribution in [0.15, 0.2) is 9.21 Å². The van der Waals surface area contributed by atoms with Gasteiger partial charge in [0.2, 0.25) is 0 Å². The second kappa shape index (κ2) is 5.62. The van der Waals surface area contributed by atoms with Crippen LogP contribution in [0.3, 0.4) is 0 Å². The van der Waals surface area contributed by atoms with Gasteiger partial charge in [-0.1, -0.05) is 0 Å². The molecule has 1 aliphatic heterocycles. The van der Waals surface area contributed by atoms with E-state index in [0.29, 0.717) is 5.56 Å². The van der Waals surface area contributed by atoms with E-state index in [2.05, 4.69) is 46.7 Å². The van der Waals surface area contributed by atoms with E-state index in [-0.39, 0.29) is 5.43 Å². The monoisotopic (exact) mass is 337 g/mol. The maximum absolute atomic E-state index is 12.6. The largest absolute Gasteiger partial charge is 0.455 e. The molecule has 3 rings (SSSR count). The van der Waals surface area contributed by atoms with Gasteiger partial charge in [0.25, 0.3) is 0 Å². The highest BCUT2D eigenvalue weighted by molar-refractivity contribution is 5.97. The first-order valence-electron chi connectivity index (χ1n) is 8.73. The van der Waals surface area contributed by atoms with Gasteiger partial charge in [-0.05, 0) is 70.7 Å². The maximum Gasteiger partial charge on any atom is 0.188 e. The van der Waals surface area contributed by atoms with Crippen LogP contribution in [0.2, 0.25) is 0 Å². The van der Waals surface area contributed by atoms with Crippen LogP contribution >= 0.6 is 0 Å². The highest BCUT2D eigenvalue weighted by Gasteiger charge is 2.25. The summed E-state index contributed by atoms with van der Waals surface area (Å²) < 4.78 is 6.41. The van der Waals surface area contributed by atoms with Gasteiger partial charge in [-0.15, -0.1) is 0 Å². The Morgan fingerprint density at radius 2 is 1.28 bits per heavy atom. The number of hydrogen-bond donors (Lipinski definition) is 0. The van der Waals surface area contributed by atoms with Crippen molar-refractivity contribution in [2.24, 2.45) is 0 Å². The Bertz CT molecular complexity index is 1050. The van der Waals surface area contributed by atoms with Crippen LogP contribution in [0.5, 0.6) is 0 Å². The van der Waals surface area contributed by atoms with Crippen molar-refractivity contribution in [2.45, 2.75) is 48.5 Å². The summed E-state index contributed by atoms with van der Waals surface area (Å²) in [7, 11) is 4.12. The molecule has 0 aromatic heterocycles. The fourth-order valence-electron chi connectivity index (χ4n) is 4.27. The number of anilines is 1. The third-order valence-electron chi connectivity index (χ3n) is 5.80. The molecule has 132 valence electrons. The fraction of sp³-hybridized carbons (Fsp3) is 0.409. The van der Waals surface area contributed by atoms with E-state index < -0.39 is 0 Å². The topological polar surface area (TPSA) is 33.5 Å². The molecule has 0 spiro atoms. The summed E-state index contributed by atoms with van der Waals surface area (Å²) in [5.41, 5.74) is 10.6. The van der Waals surface area contributed by atoms with E-state index in [1.54, 1.807) is 0 Å². The van der Waals surface area contributed by atoms with E-state index in [0.717, 1.165) is 33.6 Å². The molecular weight excluding hydrogens is 310 g/mol. The van der Waals surface area contributed by atoms with Crippen molar-refractivity contribution in [3.05, 3.63) is 49.2 Å². The molecule has 0 fully saturated rings. The second-order valence-corrected chi connectivity index (χ2v) is 7.46. The highest BCUT2D eigenvalue weighted by atomic mass is 16.3. The molecule has 0 saturated carbocycles. The zero-order chi connectivity index (χ0) is 18.8. The lowest BCUT2D eigenvalue weighted by atomic mass is 9.87. The average Bonchev–Trinajstić information content (AvgIpc) is 2.55. The highest BCUT2D eigenvalue weighted by Crippen LogP contribution is 2.43. The number of benzene rings is 2. The lowest BCUT2D eigenvalue weighted by Gasteiger charge is -2.25.